The molecular formula is C23H36NO3+. The van der Waals surface area contributed by atoms with E-state index < -0.39 is 0 Å². The Hall–Kier alpha value is -1.39. The number of carbonyl (C=O) groups excluding carboxylic acids is 1. The largest absolute Gasteiger partial charge is 0.457 e. The first-order valence-corrected chi connectivity index (χ1v) is 10.3. The number of esters is 1. The highest BCUT2D eigenvalue weighted by molar-refractivity contribution is 5.70. The molecule has 0 heterocycles. The number of ether oxygens (including phenoxy) is 2. The van der Waals surface area contributed by atoms with Gasteiger partial charge in [0.2, 0.25) is 0 Å². The zero-order valence-electron chi connectivity index (χ0n) is 17.7. The fourth-order valence-corrected chi connectivity index (χ4v) is 5.04. The molecule has 3 atom stereocenters. The maximum absolute atomic E-state index is 12.2. The molecule has 2 saturated carbocycles. The van der Waals surface area contributed by atoms with Crippen molar-refractivity contribution in [3.63, 3.8) is 0 Å². The van der Waals surface area contributed by atoms with Crippen LogP contribution < -0.4 is 0 Å². The molecule has 0 radical (unpaired) electrons. The normalized spacial score (nSPS) is 29.1. The number of hydrogen-bond donors (Lipinski definition) is 0. The van der Waals surface area contributed by atoms with Crippen LogP contribution in [-0.2, 0) is 20.9 Å². The van der Waals surface area contributed by atoms with Gasteiger partial charge in [0, 0.05) is 0 Å². The summed E-state index contributed by atoms with van der Waals surface area (Å²) in [5.74, 6) is 0.639. The van der Waals surface area contributed by atoms with Crippen molar-refractivity contribution >= 4 is 5.97 Å². The minimum absolute atomic E-state index is 0.156. The van der Waals surface area contributed by atoms with E-state index in [1.165, 1.54) is 19.3 Å². The molecule has 4 heteroatoms. The van der Waals surface area contributed by atoms with Gasteiger partial charge in [-0.2, -0.15) is 0 Å². The lowest BCUT2D eigenvalue weighted by Crippen LogP contribution is -2.47. The second-order valence-electron chi connectivity index (χ2n) is 9.93. The summed E-state index contributed by atoms with van der Waals surface area (Å²) in [5, 5.41) is 0. The van der Waals surface area contributed by atoms with Gasteiger partial charge in [0.15, 0.2) is 6.54 Å². The van der Waals surface area contributed by atoms with E-state index in [-0.39, 0.29) is 5.97 Å². The van der Waals surface area contributed by atoms with Crippen molar-refractivity contribution in [1.82, 2.24) is 0 Å². The number of fused-ring (bicyclic) bond motifs is 2. The molecule has 3 rings (SSSR count). The molecule has 2 aliphatic rings. The molecule has 0 N–H and O–H groups in total. The summed E-state index contributed by atoms with van der Waals surface area (Å²) >= 11 is 0. The van der Waals surface area contributed by atoms with Crippen molar-refractivity contribution in [3.05, 3.63) is 35.9 Å². The Balaban J connectivity index is 1.42. The Labute approximate surface area is 164 Å². The highest BCUT2D eigenvalue weighted by atomic mass is 16.5. The van der Waals surface area contributed by atoms with Crippen molar-refractivity contribution < 1.29 is 18.8 Å². The highest BCUT2D eigenvalue weighted by Gasteiger charge is 2.61. The SMILES string of the molecule is CC1(C)[C@@H]2CC[C@]1(C)[C@@H](OCC[N+](C)(C)CC(=O)OCc1ccccc1)C2. The zero-order valence-corrected chi connectivity index (χ0v) is 17.7. The lowest BCUT2D eigenvalue weighted by molar-refractivity contribution is -0.883. The number of hydrogen-bond acceptors (Lipinski definition) is 3. The van der Waals surface area contributed by atoms with Crippen molar-refractivity contribution in [2.45, 2.75) is 52.7 Å². The third-order valence-electron chi connectivity index (χ3n) is 7.53. The molecule has 150 valence electrons. The summed E-state index contributed by atoms with van der Waals surface area (Å²) in [6, 6.07) is 9.82. The minimum Gasteiger partial charge on any atom is -0.457 e. The van der Waals surface area contributed by atoms with Crippen LogP contribution in [0.25, 0.3) is 0 Å². The fraction of sp³-hybridized carbons (Fsp3) is 0.696. The minimum atomic E-state index is -0.156. The first-order chi connectivity index (χ1) is 12.6. The van der Waals surface area contributed by atoms with Crippen LogP contribution in [-0.4, -0.2) is 50.3 Å². The molecule has 0 spiro atoms. The second-order valence-corrected chi connectivity index (χ2v) is 9.93. The van der Waals surface area contributed by atoms with Gasteiger partial charge in [-0.15, -0.1) is 0 Å². The van der Waals surface area contributed by atoms with E-state index in [1.54, 1.807) is 0 Å². The van der Waals surface area contributed by atoms with Crippen LogP contribution in [0.3, 0.4) is 0 Å². The Kier molecular flexibility index (Phi) is 5.69. The predicted molar refractivity (Wildman–Crippen MR) is 107 cm³/mol. The molecule has 0 aliphatic heterocycles. The number of quaternary nitrogens is 1. The summed E-state index contributed by atoms with van der Waals surface area (Å²) in [4.78, 5) is 12.2. The smallest absolute Gasteiger partial charge is 0.362 e. The van der Waals surface area contributed by atoms with Gasteiger partial charge in [-0.25, -0.2) is 4.79 Å². The van der Waals surface area contributed by atoms with Crippen molar-refractivity contribution in [2.24, 2.45) is 16.7 Å². The topological polar surface area (TPSA) is 35.5 Å². The molecule has 2 bridgehead atoms. The van der Waals surface area contributed by atoms with Gasteiger partial charge in [0.05, 0.1) is 26.8 Å². The lowest BCUT2D eigenvalue weighted by atomic mass is 9.70. The standard InChI is InChI=1S/C23H36NO3/c1-22(2)19-11-12-23(22,3)20(15-19)26-14-13-24(4,5)16-21(25)27-17-18-9-7-6-8-10-18/h6-10,19-20H,11-17H2,1-5H3/q+1/t19-,20+,23-/m1/s1. The molecule has 2 fully saturated rings. The molecule has 0 saturated heterocycles. The average Bonchev–Trinajstić information content (AvgIpc) is 2.94. The van der Waals surface area contributed by atoms with Crippen LogP contribution >= 0.6 is 0 Å². The van der Waals surface area contributed by atoms with E-state index in [1.807, 2.05) is 30.3 Å². The second kappa shape index (κ2) is 7.56. The zero-order chi connectivity index (χ0) is 19.7. The molecular weight excluding hydrogens is 338 g/mol. The van der Waals surface area contributed by atoms with Crippen LogP contribution in [0.4, 0.5) is 0 Å². The highest BCUT2D eigenvalue weighted by Crippen LogP contribution is 2.66. The van der Waals surface area contributed by atoms with E-state index in [4.69, 9.17) is 9.47 Å². The van der Waals surface area contributed by atoms with Crippen LogP contribution in [0.5, 0.6) is 0 Å². The van der Waals surface area contributed by atoms with Gasteiger partial charge in [0.1, 0.15) is 13.2 Å². The first-order valence-electron chi connectivity index (χ1n) is 10.3. The monoisotopic (exact) mass is 374 g/mol. The maximum Gasteiger partial charge on any atom is 0.362 e. The Morgan fingerprint density at radius 3 is 2.48 bits per heavy atom. The van der Waals surface area contributed by atoms with Gasteiger partial charge in [0.25, 0.3) is 0 Å². The van der Waals surface area contributed by atoms with Crippen LogP contribution in [0.15, 0.2) is 30.3 Å². The molecule has 1 aromatic rings. The Bertz CT molecular complexity index is 655. The molecule has 0 aromatic heterocycles. The van der Waals surface area contributed by atoms with Crippen LogP contribution in [0.2, 0.25) is 0 Å². The van der Waals surface area contributed by atoms with Crippen LogP contribution in [0, 0.1) is 16.7 Å². The van der Waals surface area contributed by atoms with Crippen molar-refractivity contribution in [2.75, 3.05) is 33.8 Å². The van der Waals surface area contributed by atoms with E-state index in [0.717, 1.165) is 18.0 Å². The number of carbonyl (C=O) groups is 1. The summed E-state index contributed by atoms with van der Waals surface area (Å²) in [6.07, 6.45) is 4.17. The lowest BCUT2D eigenvalue weighted by Gasteiger charge is -2.39. The van der Waals surface area contributed by atoms with Crippen molar-refractivity contribution in [1.29, 1.82) is 0 Å². The fourth-order valence-electron chi connectivity index (χ4n) is 5.04. The van der Waals surface area contributed by atoms with E-state index in [9.17, 15) is 4.79 Å². The Morgan fingerprint density at radius 1 is 1.19 bits per heavy atom. The molecule has 0 unspecified atom stereocenters. The summed E-state index contributed by atoms with van der Waals surface area (Å²) in [5.41, 5.74) is 1.69. The third-order valence-corrected chi connectivity index (χ3v) is 7.53. The third kappa shape index (κ3) is 4.22. The molecule has 27 heavy (non-hydrogen) atoms. The van der Waals surface area contributed by atoms with Crippen molar-refractivity contribution in [3.8, 4) is 0 Å². The van der Waals surface area contributed by atoms with Gasteiger partial charge in [-0.05, 0) is 41.6 Å². The average molecular weight is 375 g/mol. The van der Waals surface area contributed by atoms with E-state index in [2.05, 4.69) is 34.9 Å². The van der Waals surface area contributed by atoms with Gasteiger partial charge < -0.3 is 14.0 Å². The quantitative estimate of drug-likeness (QED) is 0.509. The molecule has 0 amide bonds. The number of nitrogens with zero attached hydrogens (tertiary/aromatic N) is 1. The molecule has 4 nitrogen and oxygen atoms in total. The molecule has 1 aromatic carbocycles. The van der Waals surface area contributed by atoms with Gasteiger partial charge >= 0.3 is 5.97 Å². The van der Waals surface area contributed by atoms with Gasteiger partial charge in [-0.3, -0.25) is 0 Å². The number of likely N-dealkylation sites (N-methyl/N-ethyl adjacent to an activating group) is 1. The first kappa shape index (κ1) is 20.3. The number of benzene rings is 1. The summed E-state index contributed by atoms with van der Waals surface area (Å²) < 4.78 is 12.4. The van der Waals surface area contributed by atoms with Gasteiger partial charge in [-0.1, -0.05) is 51.1 Å². The summed E-state index contributed by atoms with van der Waals surface area (Å²) in [7, 11) is 4.14. The van der Waals surface area contributed by atoms with E-state index >= 15 is 0 Å². The Morgan fingerprint density at radius 2 is 1.89 bits per heavy atom. The van der Waals surface area contributed by atoms with E-state index in [0.29, 0.717) is 41.2 Å². The summed E-state index contributed by atoms with van der Waals surface area (Å²) in [6.45, 7) is 9.46. The maximum atomic E-state index is 12.2. The van der Waals surface area contributed by atoms with Crippen LogP contribution in [0.1, 0.15) is 45.6 Å². The number of rotatable bonds is 8. The predicted octanol–water partition coefficient (Wildman–Crippen LogP) is 4.04. The molecule has 2 aliphatic carbocycles.